The minimum Gasteiger partial charge on any atom is -0.508 e. The SMILES string of the molecule is Cc1ccc(C(=O)NC2CCCCCC2Br)cc1O. The Kier molecular flexibility index (Phi) is 4.86. The Labute approximate surface area is 122 Å². The molecule has 1 saturated carbocycles. The number of halogens is 1. The number of hydrogen-bond donors (Lipinski definition) is 2. The molecule has 2 N–H and O–H groups in total. The number of benzene rings is 1. The summed E-state index contributed by atoms with van der Waals surface area (Å²) < 4.78 is 0. The number of aromatic hydroxyl groups is 1. The normalized spacial score (nSPS) is 23.7. The summed E-state index contributed by atoms with van der Waals surface area (Å²) in [6, 6.07) is 5.23. The summed E-state index contributed by atoms with van der Waals surface area (Å²) in [6.45, 7) is 1.82. The summed E-state index contributed by atoms with van der Waals surface area (Å²) in [5.41, 5.74) is 1.30. The molecule has 0 aromatic heterocycles. The van der Waals surface area contributed by atoms with Gasteiger partial charge in [0.25, 0.3) is 5.91 Å². The largest absolute Gasteiger partial charge is 0.508 e. The molecule has 4 heteroatoms. The highest BCUT2D eigenvalue weighted by atomic mass is 79.9. The van der Waals surface area contributed by atoms with Crippen LogP contribution >= 0.6 is 15.9 Å². The van der Waals surface area contributed by atoms with E-state index in [1.807, 2.05) is 6.92 Å². The Morgan fingerprint density at radius 2 is 2.05 bits per heavy atom. The Balaban J connectivity index is 2.05. The van der Waals surface area contributed by atoms with Crippen LogP contribution in [0.15, 0.2) is 18.2 Å². The first kappa shape index (κ1) is 14.4. The van der Waals surface area contributed by atoms with Crippen molar-refractivity contribution in [1.29, 1.82) is 0 Å². The van der Waals surface area contributed by atoms with Crippen LogP contribution < -0.4 is 5.32 Å². The number of carbonyl (C=O) groups is 1. The van der Waals surface area contributed by atoms with Crippen LogP contribution in [0, 0.1) is 6.92 Å². The van der Waals surface area contributed by atoms with Crippen LogP contribution in [0.3, 0.4) is 0 Å². The summed E-state index contributed by atoms with van der Waals surface area (Å²) in [5.74, 6) is 0.0653. The molecule has 2 atom stereocenters. The lowest BCUT2D eigenvalue weighted by Gasteiger charge is -2.21. The Bertz CT molecular complexity index is 461. The standard InChI is InChI=1S/C15H20BrNO2/c1-10-7-8-11(9-14(10)18)15(19)17-13-6-4-2-3-5-12(13)16/h7-9,12-13,18H,2-6H2,1H3,(H,17,19). The lowest BCUT2D eigenvalue weighted by atomic mass is 10.1. The number of hydrogen-bond acceptors (Lipinski definition) is 2. The maximum Gasteiger partial charge on any atom is 0.251 e. The Morgan fingerprint density at radius 1 is 1.32 bits per heavy atom. The smallest absolute Gasteiger partial charge is 0.251 e. The van der Waals surface area contributed by atoms with Crippen molar-refractivity contribution in [2.45, 2.75) is 49.9 Å². The quantitative estimate of drug-likeness (QED) is 0.645. The Morgan fingerprint density at radius 3 is 2.79 bits per heavy atom. The zero-order valence-electron chi connectivity index (χ0n) is 11.2. The van der Waals surface area contributed by atoms with Crippen molar-refractivity contribution in [2.24, 2.45) is 0 Å². The molecule has 0 saturated heterocycles. The number of nitrogens with one attached hydrogen (secondary N) is 1. The maximum atomic E-state index is 12.2. The van der Waals surface area contributed by atoms with Crippen molar-refractivity contribution in [1.82, 2.24) is 5.32 Å². The van der Waals surface area contributed by atoms with Crippen LogP contribution in [0.1, 0.15) is 48.0 Å². The summed E-state index contributed by atoms with van der Waals surface area (Å²) in [4.78, 5) is 12.5. The molecule has 104 valence electrons. The van der Waals surface area contributed by atoms with Gasteiger partial charge in [-0.3, -0.25) is 4.79 Å². The molecule has 1 aromatic carbocycles. The van der Waals surface area contributed by atoms with Crippen LogP contribution in [-0.2, 0) is 0 Å². The van der Waals surface area contributed by atoms with Gasteiger partial charge in [-0.2, -0.15) is 0 Å². The van der Waals surface area contributed by atoms with Crippen LogP contribution in [0.25, 0.3) is 0 Å². The summed E-state index contributed by atoms with van der Waals surface area (Å²) in [6.07, 6.45) is 5.73. The van der Waals surface area contributed by atoms with E-state index < -0.39 is 0 Å². The van der Waals surface area contributed by atoms with Crippen molar-refractivity contribution < 1.29 is 9.90 Å². The summed E-state index contributed by atoms with van der Waals surface area (Å²) >= 11 is 3.67. The summed E-state index contributed by atoms with van der Waals surface area (Å²) in [5, 5.41) is 12.7. The van der Waals surface area contributed by atoms with Gasteiger partial charge in [0.05, 0.1) is 0 Å². The number of amides is 1. The minimum absolute atomic E-state index is 0.105. The molecule has 0 radical (unpaired) electrons. The second-order valence-corrected chi connectivity index (χ2v) is 6.41. The molecular weight excluding hydrogens is 306 g/mol. The molecule has 1 aliphatic carbocycles. The van der Waals surface area contributed by atoms with Gasteiger partial charge in [0.1, 0.15) is 5.75 Å². The molecule has 0 spiro atoms. The fourth-order valence-corrected chi connectivity index (χ4v) is 3.15. The lowest BCUT2D eigenvalue weighted by Crippen LogP contribution is -2.40. The first-order valence-electron chi connectivity index (χ1n) is 6.82. The summed E-state index contributed by atoms with van der Waals surface area (Å²) in [7, 11) is 0. The molecule has 2 rings (SSSR count). The molecule has 2 unspecified atom stereocenters. The number of alkyl halides is 1. The molecule has 1 amide bonds. The number of phenolic OH excluding ortho intramolecular Hbond substituents is 1. The highest BCUT2D eigenvalue weighted by molar-refractivity contribution is 9.09. The number of carbonyl (C=O) groups excluding carboxylic acids is 1. The van der Waals surface area contributed by atoms with Gasteiger partial charge in [-0.1, -0.05) is 41.3 Å². The van der Waals surface area contributed by atoms with Gasteiger partial charge in [-0.25, -0.2) is 0 Å². The van der Waals surface area contributed by atoms with Gasteiger partial charge in [-0.05, 0) is 37.5 Å². The predicted molar refractivity (Wildman–Crippen MR) is 79.9 cm³/mol. The number of rotatable bonds is 2. The van der Waals surface area contributed by atoms with Gasteiger partial charge in [0, 0.05) is 16.4 Å². The first-order valence-corrected chi connectivity index (χ1v) is 7.74. The second-order valence-electron chi connectivity index (χ2n) is 5.24. The fourth-order valence-electron chi connectivity index (χ4n) is 2.43. The van der Waals surface area contributed by atoms with Gasteiger partial charge in [0.2, 0.25) is 0 Å². The average molecular weight is 326 g/mol. The highest BCUT2D eigenvalue weighted by Gasteiger charge is 2.23. The van der Waals surface area contributed by atoms with E-state index in [1.54, 1.807) is 12.1 Å². The van der Waals surface area contributed by atoms with Gasteiger partial charge in [0.15, 0.2) is 0 Å². The van der Waals surface area contributed by atoms with Gasteiger partial charge < -0.3 is 10.4 Å². The zero-order chi connectivity index (χ0) is 13.8. The van der Waals surface area contributed by atoms with E-state index in [2.05, 4.69) is 21.2 Å². The van der Waals surface area contributed by atoms with E-state index in [0.717, 1.165) is 24.8 Å². The van der Waals surface area contributed by atoms with Crippen molar-refractivity contribution in [3.63, 3.8) is 0 Å². The van der Waals surface area contributed by atoms with Crippen molar-refractivity contribution >= 4 is 21.8 Å². The fraction of sp³-hybridized carbons (Fsp3) is 0.533. The second kappa shape index (κ2) is 6.42. The van der Waals surface area contributed by atoms with E-state index in [4.69, 9.17) is 0 Å². The molecule has 1 aromatic rings. The molecule has 19 heavy (non-hydrogen) atoms. The van der Waals surface area contributed by atoms with Crippen LogP contribution in [0.4, 0.5) is 0 Å². The van der Waals surface area contributed by atoms with E-state index >= 15 is 0 Å². The third-order valence-corrected chi connectivity index (χ3v) is 4.82. The monoisotopic (exact) mass is 325 g/mol. The Hall–Kier alpha value is -1.03. The van der Waals surface area contributed by atoms with Crippen molar-refractivity contribution in [3.05, 3.63) is 29.3 Å². The average Bonchev–Trinajstić information content (AvgIpc) is 2.58. The third kappa shape index (κ3) is 3.72. The first-order chi connectivity index (χ1) is 9.08. The maximum absolute atomic E-state index is 12.2. The topological polar surface area (TPSA) is 49.3 Å². The van der Waals surface area contributed by atoms with E-state index in [-0.39, 0.29) is 17.7 Å². The molecule has 1 fully saturated rings. The van der Waals surface area contributed by atoms with Gasteiger partial charge in [-0.15, -0.1) is 0 Å². The van der Waals surface area contributed by atoms with Gasteiger partial charge >= 0.3 is 0 Å². The van der Waals surface area contributed by atoms with Crippen molar-refractivity contribution in [3.8, 4) is 5.75 Å². The van der Waals surface area contributed by atoms with Crippen LogP contribution in [0.2, 0.25) is 0 Å². The third-order valence-electron chi connectivity index (χ3n) is 3.72. The van der Waals surface area contributed by atoms with E-state index in [0.29, 0.717) is 10.4 Å². The van der Waals surface area contributed by atoms with E-state index in [9.17, 15) is 9.90 Å². The lowest BCUT2D eigenvalue weighted by molar-refractivity contribution is 0.0934. The molecule has 0 bridgehead atoms. The van der Waals surface area contributed by atoms with E-state index in [1.165, 1.54) is 18.9 Å². The van der Waals surface area contributed by atoms with Crippen molar-refractivity contribution in [2.75, 3.05) is 0 Å². The molecule has 3 nitrogen and oxygen atoms in total. The molecular formula is C15H20BrNO2. The van der Waals surface area contributed by atoms with Crippen LogP contribution in [-0.4, -0.2) is 21.9 Å². The minimum atomic E-state index is -0.105. The zero-order valence-corrected chi connectivity index (χ0v) is 12.7. The molecule has 0 aliphatic heterocycles. The predicted octanol–water partition coefficient (Wildman–Crippen LogP) is 3.53. The highest BCUT2D eigenvalue weighted by Crippen LogP contribution is 2.24. The molecule has 1 aliphatic rings. The number of aryl methyl sites for hydroxylation is 1. The molecule has 0 heterocycles. The van der Waals surface area contributed by atoms with Crippen LogP contribution in [0.5, 0.6) is 5.75 Å². The number of phenols is 1.